The average Bonchev–Trinajstić information content (AvgIpc) is 2.19. The van der Waals surface area contributed by atoms with E-state index in [0.717, 1.165) is 11.3 Å². The summed E-state index contributed by atoms with van der Waals surface area (Å²) in [5.41, 5.74) is 7.18. The lowest BCUT2D eigenvalue weighted by atomic mass is 10.2. The van der Waals surface area contributed by atoms with Crippen LogP contribution in [0, 0.1) is 11.8 Å². The molecule has 0 atom stereocenters. The number of hydrogen-bond donors (Lipinski definition) is 1. The predicted octanol–water partition coefficient (Wildman–Crippen LogP) is 0.538. The highest BCUT2D eigenvalue weighted by Gasteiger charge is 1.89. The Balaban J connectivity index is 2.65. The normalized spacial score (nSPS) is 9.08. The Kier molecular flexibility index (Phi) is 3.97. The van der Waals surface area contributed by atoms with Crippen LogP contribution in [0.15, 0.2) is 18.3 Å². The van der Waals surface area contributed by atoms with Gasteiger partial charge in [-0.2, -0.15) is 0 Å². The highest BCUT2D eigenvalue weighted by atomic mass is 16.5. The van der Waals surface area contributed by atoms with Gasteiger partial charge in [-0.05, 0) is 17.6 Å². The first-order chi connectivity index (χ1) is 6.36. The maximum atomic E-state index is 5.43. The summed E-state index contributed by atoms with van der Waals surface area (Å²) in [7, 11) is 1.61. The lowest BCUT2D eigenvalue weighted by molar-refractivity contribution is 0.240. The van der Waals surface area contributed by atoms with Crippen LogP contribution in [0.5, 0.6) is 0 Å². The van der Waals surface area contributed by atoms with Crippen LogP contribution in [0.2, 0.25) is 0 Å². The van der Waals surface area contributed by atoms with Gasteiger partial charge < -0.3 is 10.5 Å². The minimum absolute atomic E-state index is 0.431. The number of nitrogens with two attached hydrogens (primary N) is 1. The van der Waals surface area contributed by atoms with E-state index >= 15 is 0 Å². The van der Waals surface area contributed by atoms with E-state index in [0.29, 0.717) is 13.2 Å². The molecule has 0 bridgehead atoms. The molecule has 0 aliphatic carbocycles. The van der Waals surface area contributed by atoms with Gasteiger partial charge in [-0.1, -0.05) is 12.0 Å². The van der Waals surface area contributed by atoms with Crippen molar-refractivity contribution < 1.29 is 4.74 Å². The van der Waals surface area contributed by atoms with Gasteiger partial charge in [0.25, 0.3) is 0 Å². The molecule has 1 rings (SSSR count). The van der Waals surface area contributed by atoms with Crippen LogP contribution in [0.1, 0.15) is 11.3 Å². The maximum Gasteiger partial charge on any atom is 0.113 e. The van der Waals surface area contributed by atoms with Gasteiger partial charge in [0.1, 0.15) is 12.3 Å². The van der Waals surface area contributed by atoms with E-state index in [-0.39, 0.29) is 0 Å². The largest absolute Gasteiger partial charge is 0.372 e. The van der Waals surface area contributed by atoms with Gasteiger partial charge in [0.05, 0.1) is 0 Å². The Morgan fingerprint density at radius 2 is 2.38 bits per heavy atom. The number of hydrogen-bond acceptors (Lipinski definition) is 3. The minimum Gasteiger partial charge on any atom is -0.372 e. The Bertz CT molecular complexity index is 308. The van der Waals surface area contributed by atoms with Gasteiger partial charge in [-0.15, -0.1) is 0 Å². The monoisotopic (exact) mass is 176 g/mol. The zero-order valence-corrected chi connectivity index (χ0v) is 7.58. The van der Waals surface area contributed by atoms with Crippen molar-refractivity contribution in [3.05, 3.63) is 29.6 Å². The lowest BCUT2D eigenvalue weighted by Gasteiger charge is -1.94. The van der Waals surface area contributed by atoms with E-state index in [9.17, 15) is 0 Å². The van der Waals surface area contributed by atoms with E-state index in [1.807, 2.05) is 12.1 Å². The third-order valence-electron chi connectivity index (χ3n) is 1.49. The molecule has 3 heteroatoms. The summed E-state index contributed by atoms with van der Waals surface area (Å²) < 4.78 is 4.79. The fourth-order valence-electron chi connectivity index (χ4n) is 0.818. The summed E-state index contributed by atoms with van der Waals surface area (Å²) in [6.07, 6.45) is 1.73. The van der Waals surface area contributed by atoms with Crippen molar-refractivity contribution in [2.45, 2.75) is 6.54 Å². The van der Waals surface area contributed by atoms with Crippen molar-refractivity contribution in [2.75, 3.05) is 13.7 Å². The quantitative estimate of drug-likeness (QED) is 0.669. The first-order valence-corrected chi connectivity index (χ1v) is 3.99. The van der Waals surface area contributed by atoms with Crippen LogP contribution in [0.4, 0.5) is 0 Å². The smallest absolute Gasteiger partial charge is 0.113 e. The molecule has 0 aromatic carbocycles. The molecule has 0 fully saturated rings. The van der Waals surface area contributed by atoms with Crippen LogP contribution >= 0.6 is 0 Å². The van der Waals surface area contributed by atoms with Crippen LogP contribution < -0.4 is 5.73 Å². The van der Waals surface area contributed by atoms with E-state index in [4.69, 9.17) is 10.5 Å². The summed E-state index contributed by atoms with van der Waals surface area (Å²) in [4.78, 5) is 4.11. The Morgan fingerprint density at radius 1 is 1.54 bits per heavy atom. The van der Waals surface area contributed by atoms with Gasteiger partial charge >= 0.3 is 0 Å². The highest BCUT2D eigenvalue weighted by molar-refractivity contribution is 5.28. The van der Waals surface area contributed by atoms with Gasteiger partial charge in [0, 0.05) is 19.9 Å². The molecular formula is C10H12N2O. The molecule has 2 N–H and O–H groups in total. The third-order valence-corrected chi connectivity index (χ3v) is 1.49. The molecule has 1 heterocycles. The summed E-state index contributed by atoms with van der Waals surface area (Å²) in [5, 5.41) is 0. The van der Waals surface area contributed by atoms with Crippen LogP contribution in [0.3, 0.4) is 0 Å². The number of rotatable bonds is 2. The predicted molar refractivity (Wildman–Crippen MR) is 50.9 cm³/mol. The van der Waals surface area contributed by atoms with Crippen molar-refractivity contribution >= 4 is 0 Å². The number of nitrogens with zero attached hydrogens (tertiary/aromatic N) is 1. The fraction of sp³-hybridized carbons (Fsp3) is 0.300. The molecule has 13 heavy (non-hydrogen) atoms. The Morgan fingerprint density at radius 3 is 2.92 bits per heavy atom. The molecule has 0 aliphatic rings. The second-order valence-electron chi connectivity index (χ2n) is 2.49. The second-order valence-corrected chi connectivity index (χ2v) is 2.49. The first kappa shape index (κ1) is 9.72. The molecule has 0 saturated heterocycles. The zero-order chi connectivity index (χ0) is 9.52. The average molecular weight is 176 g/mol. The number of pyridine rings is 1. The number of ether oxygens (including phenoxy) is 1. The molecule has 3 nitrogen and oxygen atoms in total. The van der Waals surface area contributed by atoms with Crippen molar-refractivity contribution in [1.29, 1.82) is 0 Å². The molecule has 0 radical (unpaired) electrons. The number of aromatic nitrogens is 1. The zero-order valence-electron chi connectivity index (χ0n) is 7.58. The number of methoxy groups -OCH3 is 1. The molecule has 1 aromatic rings. The minimum atomic E-state index is 0.431. The van der Waals surface area contributed by atoms with Gasteiger partial charge in [-0.3, -0.25) is 0 Å². The van der Waals surface area contributed by atoms with Crippen LogP contribution in [-0.4, -0.2) is 18.7 Å². The van der Waals surface area contributed by atoms with Gasteiger partial charge in [-0.25, -0.2) is 4.98 Å². The molecule has 68 valence electrons. The van der Waals surface area contributed by atoms with Crippen molar-refractivity contribution in [3.63, 3.8) is 0 Å². The second kappa shape index (κ2) is 5.31. The Hall–Kier alpha value is -1.37. The van der Waals surface area contributed by atoms with E-state index in [1.54, 1.807) is 13.3 Å². The standard InChI is InChI=1S/C10H12N2O/c1-13-6-2-3-10-5-4-9(7-11)8-12-10/h4-5,8H,6-7,11H2,1H3. The van der Waals surface area contributed by atoms with Gasteiger partial charge in [0.2, 0.25) is 0 Å². The molecule has 0 unspecified atom stereocenters. The fourth-order valence-corrected chi connectivity index (χ4v) is 0.818. The summed E-state index contributed by atoms with van der Waals surface area (Å²) in [6.45, 7) is 0.944. The van der Waals surface area contributed by atoms with Crippen molar-refractivity contribution in [3.8, 4) is 11.8 Å². The highest BCUT2D eigenvalue weighted by Crippen LogP contribution is 1.97. The molecule has 0 spiro atoms. The lowest BCUT2D eigenvalue weighted by Crippen LogP contribution is -1.97. The van der Waals surface area contributed by atoms with E-state index in [1.165, 1.54) is 0 Å². The summed E-state index contributed by atoms with van der Waals surface area (Å²) >= 11 is 0. The maximum absolute atomic E-state index is 5.43. The van der Waals surface area contributed by atoms with Crippen molar-refractivity contribution in [1.82, 2.24) is 4.98 Å². The Labute approximate surface area is 77.9 Å². The molecule has 0 aliphatic heterocycles. The molecular weight excluding hydrogens is 164 g/mol. The van der Waals surface area contributed by atoms with Crippen LogP contribution in [-0.2, 0) is 11.3 Å². The topological polar surface area (TPSA) is 48.1 Å². The van der Waals surface area contributed by atoms with Crippen LogP contribution in [0.25, 0.3) is 0 Å². The van der Waals surface area contributed by atoms with E-state index in [2.05, 4.69) is 16.8 Å². The first-order valence-electron chi connectivity index (χ1n) is 3.99. The van der Waals surface area contributed by atoms with Gasteiger partial charge in [0.15, 0.2) is 0 Å². The SMILES string of the molecule is COCC#Cc1ccc(CN)cn1. The molecule has 1 aromatic heterocycles. The summed E-state index contributed by atoms with van der Waals surface area (Å²) in [6, 6.07) is 3.77. The van der Waals surface area contributed by atoms with E-state index < -0.39 is 0 Å². The summed E-state index contributed by atoms with van der Waals surface area (Å²) in [5.74, 6) is 5.69. The molecule has 0 amide bonds. The third kappa shape index (κ3) is 3.24. The molecule has 0 saturated carbocycles. The van der Waals surface area contributed by atoms with Crippen molar-refractivity contribution in [2.24, 2.45) is 5.73 Å².